The van der Waals surface area contributed by atoms with Gasteiger partial charge in [0.05, 0.1) is 13.0 Å². The fourth-order valence-corrected chi connectivity index (χ4v) is 3.05. The van der Waals surface area contributed by atoms with Gasteiger partial charge in [0.1, 0.15) is 5.82 Å². The summed E-state index contributed by atoms with van der Waals surface area (Å²) in [6.45, 7) is 11.1. The number of Topliss-reactive ketones (excluding diaryl/α,β-unsaturated/α-hetero) is 1. The minimum atomic E-state index is -1.85. The van der Waals surface area contributed by atoms with Gasteiger partial charge in [0.15, 0.2) is 14.1 Å². The van der Waals surface area contributed by atoms with Crippen LogP contribution in [0.25, 0.3) is 0 Å². The Bertz CT molecular complexity index is 525. The third-order valence-electron chi connectivity index (χ3n) is 4.87. The van der Waals surface area contributed by atoms with Crippen molar-refractivity contribution in [2.75, 3.05) is 6.61 Å². The first-order valence-corrected chi connectivity index (χ1v) is 10.7. The Morgan fingerprint density at radius 1 is 1.43 bits per heavy atom. The SMILES string of the molecule is Cn1c(C2CC2)cnc1CC(=O)CO[Si](C)(C)C(C)(C)C. The van der Waals surface area contributed by atoms with E-state index >= 15 is 0 Å². The summed E-state index contributed by atoms with van der Waals surface area (Å²) in [4.78, 5) is 16.6. The van der Waals surface area contributed by atoms with Gasteiger partial charge < -0.3 is 8.99 Å². The number of carbonyl (C=O) groups is 1. The number of rotatable bonds is 6. The summed E-state index contributed by atoms with van der Waals surface area (Å²) in [5.74, 6) is 1.64. The number of hydrogen-bond donors (Lipinski definition) is 0. The molecule has 0 aliphatic heterocycles. The molecule has 0 spiro atoms. The lowest BCUT2D eigenvalue weighted by atomic mass is 10.2. The Morgan fingerprint density at radius 2 is 2.05 bits per heavy atom. The van der Waals surface area contributed by atoms with Crippen LogP contribution in [-0.2, 0) is 22.7 Å². The Hall–Kier alpha value is -0.943. The number of hydrogen-bond acceptors (Lipinski definition) is 3. The highest BCUT2D eigenvalue weighted by Gasteiger charge is 2.37. The Morgan fingerprint density at radius 3 is 2.57 bits per heavy atom. The Kier molecular flexibility index (Phi) is 4.45. The standard InChI is InChI=1S/C16H28N2O2Si/c1-16(2,3)21(5,6)20-11-13(19)9-15-17-10-14(18(15)4)12-7-8-12/h10,12H,7-9,11H2,1-6H3. The quantitative estimate of drug-likeness (QED) is 0.756. The molecule has 0 unspecified atom stereocenters. The van der Waals surface area contributed by atoms with Crippen LogP contribution in [0.5, 0.6) is 0 Å². The van der Waals surface area contributed by atoms with E-state index in [4.69, 9.17) is 4.43 Å². The lowest BCUT2D eigenvalue weighted by molar-refractivity contribution is -0.120. The van der Waals surface area contributed by atoms with Crippen LogP contribution < -0.4 is 0 Å². The Labute approximate surface area is 129 Å². The van der Waals surface area contributed by atoms with Gasteiger partial charge in [-0.3, -0.25) is 4.79 Å². The number of carbonyl (C=O) groups excluding carboxylic acids is 1. The molecule has 2 rings (SSSR count). The van der Waals surface area contributed by atoms with E-state index in [1.165, 1.54) is 18.5 Å². The normalized spacial score (nSPS) is 16.3. The van der Waals surface area contributed by atoms with E-state index in [9.17, 15) is 4.79 Å². The molecule has 1 aliphatic carbocycles. The number of ketones is 1. The summed E-state index contributed by atoms with van der Waals surface area (Å²) < 4.78 is 8.07. The first kappa shape index (κ1) is 16.4. The highest BCUT2D eigenvalue weighted by Crippen LogP contribution is 2.40. The van der Waals surface area contributed by atoms with Crippen molar-refractivity contribution >= 4 is 14.1 Å². The number of nitrogens with zero attached hydrogens (tertiary/aromatic N) is 2. The average Bonchev–Trinajstić information content (AvgIpc) is 3.13. The van der Waals surface area contributed by atoms with E-state index < -0.39 is 8.32 Å². The van der Waals surface area contributed by atoms with Gasteiger partial charge in [-0.1, -0.05) is 20.8 Å². The first-order chi connectivity index (χ1) is 9.62. The van der Waals surface area contributed by atoms with Gasteiger partial charge in [0.25, 0.3) is 0 Å². The van der Waals surface area contributed by atoms with Crippen LogP contribution in [0, 0.1) is 0 Å². The third kappa shape index (κ3) is 3.83. The summed E-state index contributed by atoms with van der Waals surface area (Å²) in [5, 5.41) is 0.135. The molecule has 0 aromatic carbocycles. The zero-order valence-electron chi connectivity index (χ0n) is 14.2. The van der Waals surface area contributed by atoms with Crippen molar-refractivity contribution in [3.05, 3.63) is 17.7 Å². The van der Waals surface area contributed by atoms with Crippen LogP contribution in [-0.4, -0.2) is 30.3 Å². The van der Waals surface area contributed by atoms with E-state index in [1.807, 2.05) is 13.2 Å². The second-order valence-electron chi connectivity index (χ2n) is 7.70. The molecule has 1 heterocycles. The van der Waals surface area contributed by atoms with Crippen molar-refractivity contribution in [3.8, 4) is 0 Å². The summed E-state index contributed by atoms with van der Waals surface area (Å²) in [6, 6.07) is 0. The van der Waals surface area contributed by atoms with Crippen LogP contribution in [0.1, 0.15) is 51.0 Å². The molecule has 0 atom stereocenters. The molecule has 21 heavy (non-hydrogen) atoms. The molecule has 1 aromatic heterocycles. The van der Waals surface area contributed by atoms with Gasteiger partial charge in [0, 0.05) is 24.9 Å². The third-order valence-corrected chi connectivity index (χ3v) is 9.35. The van der Waals surface area contributed by atoms with E-state index in [-0.39, 0.29) is 17.4 Å². The van der Waals surface area contributed by atoms with E-state index in [0.29, 0.717) is 12.3 Å². The van der Waals surface area contributed by atoms with Crippen molar-refractivity contribution in [2.24, 2.45) is 7.05 Å². The molecule has 0 bridgehead atoms. The van der Waals surface area contributed by atoms with Crippen LogP contribution in [0.15, 0.2) is 6.20 Å². The topological polar surface area (TPSA) is 44.1 Å². The van der Waals surface area contributed by atoms with Crippen LogP contribution >= 0.6 is 0 Å². The molecule has 5 heteroatoms. The second kappa shape index (κ2) is 5.69. The maximum atomic E-state index is 12.2. The van der Waals surface area contributed by atoms with Gasteiger partial charge in [0.2, 0.25) is 0 Å². The molecule has 0 amide bonds. The molecule has 1 fully saturated rings. The molecular formula is C16H28N2O2Si. The summed E-state index contributed by atoms with van der Waals surface area (Å²) in [5.41, 5.74) is 1.27. The maximum Gasteiger partial charge on any atom is 0.192 e. The van der Waals surface area contributed by atoms with Crippen molar-refractivity contribution in [3.63, 3.8) is 0 Å². The summed E-state index contributed by atoms with van der Waals surface area (Å²) >= 11 is 0. The van der Waals surface area contributed by atoms with Crippen molar-refractivity contribution in [1.29, 1.82) is 0 Å². The maximum absolute atomic E-state index is 12.2. The minimum Gasteiger partial charge on any atom is -0.410 e. The van der Waals surface area contributed by atoms with Gasteiger partial charge in [-0.15, -0.1) is 0 Å². The predicted octanol–water partition coefficient (Wildman–Crippen LogP) is 3.43. The van der Waals surface area contributed by atoms with E-state index in [1.54, 1.807) is 0 Å². The smallest absolute Gasteiger partial charge is 0.192 e. The molecule has 118 valence electrons. The minimum absolute atomic E-state index is 0.121. The van der Waals surface area contributed by atoms with Crippen LogP contribution in [0.4, 0.5) is 0 Å². The largest absolute Gasteiger partial charge is 0.410 e. The first-order valence-electron chi connectivity index (χ1n) is 7.78. The van der Waals surface area contributed by atoms with E-state index in [2.05, 4.69) is 43.4 Å². The lowest BCUT2D eigenvalue weighted by Crippen LogP contribution is -2.42. The van der Waals surface area contributed by atoms with Gasteiger partial charge >= 0.3 is 0 Å². The fourth-order valence-electron chi connectivity index (χ4n) is 2.09. The second-order valence-corrected chi connectivity index (χ2v) is 12.5. The number of aromatic nitrogens is 2. The summed E-state index contributed by atoms with van der Waals surface area (Å²) in [6.07, 6.45) is 4.80. The van der Waals surface area contributed by atoms with Gasteiger partial charge in [-0.25, -0.2) is 4.98 Å². The molecule has 1 aromatic rings. The van der Waals surface area contributed by atoms with Gasteiger partial charge in [-0.2, -0.15) is 0 Å². The molecule has 0 N–H and O–H groups in total. The van der Waals surface area contributed by atoms with Crippen molar-refractivity contribution in [2.45, 2.75) is 64.1 Å². The highest BCUT2D eigenvalue weighted by molar-refractivity contribution is 6.74. The zero-order chi connectivity index (χ0) is 15.8. The van der Waals surface area contributed by atoms with Crippen molar-refractivity contribution in [1.82, 2.24) is 9.55 Å². The number of imidazole rings is 1. The van der Waals surface area contributed by atoms with Crippen LogP contribution in [0.3, 0.4) is 0 Å². The average molecular weight is 308 g/mol. The van der Waals surface area contributed by atoms with Gasteiger partial charge in [-0.05, 0) is 31.0 Å². The lowest BCUT2D eigenvalue weighted by Gasteiger charge is -2.35. The molecule has 0 saturated heterocycles. The molecular weight excluding hydrogens is 280 g/mol. The van der Waals surface area contributed by atoms with E-state index in [0.717, 1.165) is 5.82 Å². The molecule has 4 nitrogen and oxygen atoms in total. The van der Waals surface area contributed by atoms with Crippen molar-refractivity contribution < 1.29 is 9.22 Å². The predicted molar refractivity (Wildman–Crippen MR) is 87.0 cm³/mol. The monoisotopic (exact) mass is 308 g/mol. The molecule has 1 saturated carbocycles. The highest BCUT2D eigenvalue weighted by atomic mass is 28.4. The fraction of sp³-hybridized carbons (Fsp3) is 0.750. The molecule has 0 radical (unpaired) electrons. The molecule has 1 aliphatic rings. The zero-order valence-corrected chi connectivity index (χ0v) is 15.2. The van der Waals surface area contributed by atoms with Crippen LogP contribution in [0.2, 0.25) is 18.1 Å². The Balaban J connectivity index is 1.90. The summed E-state index contributed by atoms with van der Waals surface area (Å²) in [7, 11) is 0.163.